The molecule has 0 radical (unpaired) electrons. The third-order valence-corrected chi connectivity index (χ3v) is 10.8. The largest absolute Gasteiger partial charge is 0.488 e. The van der Waals surface area contributed by atoms with Crippen molar-refractivity contribution >= 4 is 29.2 Å². The maximum absolute atomic E-state index is 11.8. The number of halogens is 2. The van der Waals surface area contributed by atoms with E-state index >= 15 is 0 Å². The van der Waals surface area contributed by atoms with Gasteiger partial charge in [0.1, 0.15) is 67.6 Å². The average molecular weight is 889 g/mol. The zero-order valence-corrected chi connectivity index (χ0v) is 35.9. The van der Waals surface area contributed by atoms with E-state index in [9.17, 15) is 30.6 Å². The molecular formula is C48H43Cl2N5O8. The van der Waals surface area contributed by atoms with Crippen LogP contribution in [-0.4, -0.2) is 43.9 Å². The van der Waals surface area contributed by atoms with Crippen molar-refractivity contribution in [3.63, 3.8) is 0 Å². The van der Waals surface area contributed by atoms with Crippen LogP contribution >= 0.6 is 23.2 Å². The van der Waals surface area contributed by atoms with Crippen molar-refractivity contribution in [1.82, 2.24) is 15.3 Å². The van der Waals surface area contributed by atoms with Crippen LogP contribution in [0.15, 0.2) is 97.6 Å². The Kier molecular flexibility index (Phi) is 15.9. The second kappa shape index (κ2) is 21.9. The molecule has 322 valence electrons. The van der Waals surface area contributed by atoms with Crippen molar-refractivity contribution in [3.05, 3.63) is 163 Å². The van der Waals surface area contributed by atoms with Crippen LogP contribution in [0.1, 0.15) is 62.1 Å². The number of nitrogens with one attached hydrogen (secondary N) is 1. The van der Waals surface area contributed by atoms with Crippen molar-refractivity contribution < 1.29 is 39.1 Å². The zero-order chi connectivity index (χ0) is 44.9. The van der Waals surface area contributed by atoms with Gasteiger partial charge in [-0.05, 0) is 77.9 Å². The summed E-state index contributed by atoms with van der Waals surface area (Å²) in [5.41, 5.74) is 8.99. The van der Waals surface area contributed by atoms with Crippen molar-refractivity contribution in [2.75, 3.05) is 6.61 Å². The van der Waals surface area contributed by atoms with E-state index in [2.05, 4.69) is 27.4 Å². The summed E-state index contributed by atoms with van der Waals surface area (Å²) in [5, 5.41) is 51.1. The van der Waals surface area contributed by atoms with Crippen molar-refractivity contribution in [3.8, 4) is 46.3 Å². The van der Waals surface area contributed by atoms with E-state index in [-0.39, 0.29) is 57.6 Å². The van der Waals surface area contributed by atoms with E-state index < -0.39 is 12.0 Å². The molecule has 0 amide bonds. The van der Waals surface area contributed by atoms with Gasteiger partial charge in [0.05, 0.1) is 27.8 Å². The molecule has 0 aliphatic carbocycles. The number of carbonyl (C=O) groups is 1. The summed E-state index contributed by atoms with van der Waals surface area (Å²) in [6.07, 6.45) is 6.13. The summed E-state index contributed by atoms with van der Waals surface area (Å²) in [5.74, 6) is 0.387. The first kappa shape index (κ1) is 45.8. The standard InChI is InChI=1S/C48H43Cl2N5O8/c1-29-35(27-62-46-15-44(60-25-33-11-31(17-51)19-53-21-33)37(13-41(46)49)23-55-43(9-10-56)48(58)59)5-3-7-39(29)40-8-4-6-36(30(40)2)28-63-47-16-45(38(24-57)14-42(47)50)61-26-34-12-32(18-52)20-54-22-34/h3-8,11-16,19-22,43,55-57H,9-10,23-28H2,1-2H3,(H,58,59). The lowest BCUT2D eigenvalue weighted by atomic mass is 9.92. The Morgan fingerprint density at radius 3 is 1.60 bits per heavy atom. The summed E-state index contributed by atoms with van der Waals surface area (Å²) in [4.78, 5) is 19.9. The number of aromatic nitrogens is 2. The number of ether oxygens (including phenoxy) is 4. The third-order valence-electron chi connectivity index (χ3n) is 10.2. The Morgan fingerprint density at radius 1 is 0.667 bits per heavy atom. The van der Waals surface area contributed by atoms with Gasteiger partial charge < -0.3 is 39.6 Å². The predicted octanol–water partition coefficient (Wildman–Crippen LogP) is 8.54. The molecule has 0 aliphatic rings. The average Bonchev–Trinajstić information content (AvgIpc) is 3.29. The summed E-state index contributed by atoms with van der Waals surface area (Å²) in [6, 6.07) is 25.0. The highest BCUT2D eigenvalue weighted by molar-refractivity contribution is 6.32. The minimum Gasteiger partial charge on any atom is -0.488 e. The van der Waals surface area contributed by atoms with E-state index in [1.807, 2.05) is 50.2 Å². The van der Waals surface area contributed by atoms with Gasteiger partial charge >= 0.3 is 5.97 Å². The topological polar surface area (TPSA) is 200 Å². The molecule has 4 aromatic carbocycles. The molecule has 1 unspecified atom stereocenters. The zero-order valence-electron chi connectivity index (χ0n) is 34.4. The summed E-state index contributed by atoms with van der Waals surface area (Å²) in [7, 11) is 0. The molecule has 6 rings (SSSR count). The monoisotopic (exact) mass is 887 g/mol. The molecule has 0 spiro atoms. The molecule has 2 heterocycles. The Bertz CT molecular complexity index is 2680. The number of carboxylic acid groups (broad SMARTS) is 1. The van der Waals surface area contributed by atoms with Crippen LogP contribution < -0.4 is 24.3 Å². The number of rotatable bonds is 20. The van der Waals surface area contributed by atoms with E-state index in [0.29, 0.717) is 61.4 Å². The number of hydrogen-bond acceptors (Lipinski definition) is 12. The SMILES string of the molecule is Cc1c(COc2cc(OCc3cncc(C#N)c3)c(CO)cc2Cl)cccc1-c1cccc(COc2cc(OCc3cncc(C#N)c3)c(CNC(CCO)C(=O)O)cc2Cl)c1C. The lowest BCUT2D eigenvalue weighted by Crippen LogP contribution is -2.37. The molecule has 0 saturated carbocycles. The van der Waals surface area contributed by atoms with Crippen LogP contribution in [0.2, 0.25) is 10.0 Å². The smallest absolute Gasteiger partial charge is 0.320 e. The van der Waals surface area contributed by atoms with Crippen LogP contribution in [0.3, 0.4) is 0 Å². The van der Waals surface area contributed by atoms with Gasteiger partial charge in [-0.15, -0.1) is 0 Å². The minimum atomic E-state index is -1.10. The van der Waals surface area contributed by atoms with Gasteiger partial charge in [0, 0.05) is 72.3 Å². The Hall–Kier alpha value is -6.71. The lowest BCUT2D eigenvalue weighted by Gasteiger charge is -2.19. The molecule has 0 aliphatic heterocycles. The molecule has 13 nitrogen and oxygen atoms in total. The van der Waals surface area contributed by atoms with E-state index in [4.69, 9.17) is 42.1 Å². The summed E-state index contributed by atoms with van der Waals surface area (Å²) >= 11 is 13.4. The number of aliphatic hydroxyl groups excluding tert-OH is 2. The maximum Gasteiger partial charge on any atom is 0.320 e. The predicted molar refractivity (Wildman–Crippen MR) is 235 cm³/mol. The van der Waals surface area contributed by atoms with Gasteiger partial charge in [-0.3, -0.25) is 14.8 Å². The van der Waals surface area contributed by atoms with Crippen LogP contribution in [-0.2, 0) is 44.4 Å². The first-order chi connectivity index (χ1) is 30.5. The molecule has 2 aromatic heterocycles. The highest BCUT2D eigenvalue weighted by Crippen LogP contribution is 2.37. The van der Waals surface area contributed by atoms with Gasteiger partial charge in [-0.25, -0.2) is 0 Å². The molecule has 63 heavy (non-hydrogen) atoms. The third kappa shape index (κ3) is 11.8. The number of aliphatic carboxylic acids is 1. The highest BCUT2D eigenvalue weighted by atomic mass is 35.5. The maximum atomic E-state index is 11.8. The molecule has 1 atom stereocenters. The number of aliphatic hydroxyl groups is 2. The van der Waals surface area contributed by atoms with Gasteiger partial charge in [-0.2, -0.15) is 10.5 Å². The van der Waals surface area contributed by atoms with Gasteiger partial charge in [0.2, 0.25) is 0 Å². The quantitative estimate of drug-likeness (QED) is 0.0569. The molecule has 0 fully saturated rings. The first-order valence-corrected chi connectivity index (χ1v) is 20.5. The van der Waals surface area contributed by atoms with E-state index in [0.717, 1.165) is 33.4 Å². The highest BCUT2D eigenvalue weighted by Gasteiger charge is 2.20. The fourth-order valence-corrected chi connectivity index (χ4v) is 7.21. The second-order valence-electron chi connectivity index (χ2n) is 14.4. The van der Waals surface area contributed by atoms with E-state index in [1.54, 1.807) is 48.8 Å². The van der Waals surface area contributed by atoms with Crippen molar-refractivity contribution in [1.29, 1.82) is 10.5 Å². The van der Waals surface area contributed by atoms with Gasteiger partial charge in [0.25, 0.3) is 0 Å². The number of nitriles is 2. The van der Waals surface area contributed by atoms with Crippen LogP contribution in [0.4, 0.5) is 0 Å². The lowest BCUT2D eigenvalue weighted by molar-refractivity contribution is -0.140. The Balaban J connectivity index is 1.19. The Morgan fingerprint density at radius 2 is 1.14 bits per heavy atom. The fraction of sp³-hybridized carbons (Fsp3) is 0.229. The van der Waals surface area contributed by atoms with Gasteiger partial charge in [-0.1, -0.05) is 59.6 Å². The molecule has 15 heteroatoms. The van der Waals surface area contributed by atoms with Gasteiger partial charge in [0.15, 0.2) is 0 Å². The van der Waals surface area contributed by atoms with Crippen molar-refractivity contribution in [2.24, 2.45) is 0 Å². The summed E-state index contributed by atoms with van der Waals surface area (Å²) in [6.45, 7) is 4.06. The first-order valence-electron chi connectivity index (χ1n) is 19.7. The Labute approximate surface area is 374 Å². The van der Waals surface area contributed by atoms with Crippen LogP contribution in [0.5, 0.6) is 23.0 Å². The molecule has 6 aromatic rings. The van der Waals surface area contributed by atoms with Crippen molar-refractivity contribution in [2.45, 2.75) is 65.9 Å². The number of hydrogen-bond donors (Lipinski definition) is 4. The fourth-order valence-electron chi connectivity index (χ4n) is 6.73. The molecule has 0 saturated heterocycles. The number of nitrogens with zero attached hydrogens (tertiary/aromatic N) is 4. The molecule has 4 N–H and O–H groups in total. The second-order valence-corrected chi connectivity index (χ2v) is 15.3. The number of pyridine rings is 2. The normalized spacial score (nSPS) is 11.3. The number of benzene rings is 4. The van der Waals surface area contributed by atoms with Crippen LogP contribution in [0, 0.1) is 36.5 Å². The molecular weight excluding hydrogens is 845 g/mol. The summed E-state index contributed by atoms with van der Waals surface area (Å²) < 4.78 is 24.8. The minimum absolute atomic E-state index is 0.0107. The van der Waals surface area contributed by atoms with E-state index in [1.165, 1.54) is 12.4 Å². The number of carboxylic acids is 1. The molecule has 0 bridgehead atoms. The van der Waals surface area contributed by atoms with Crippen LogP contribution in [0.25, 0.3) is 11.1 Å².